The van der Waals surface area contributed by atoms with Crippen LogP contribution in [0.1, 0.15) is 95.3 Å². The van der Waals surface area contributed by atoms with E-state index in [1.807, 2.05) is 48.3 Å². The number of ether oxygens (including phenoxy) is 3. The van der Waals surface area contributed by atoms with Gasteiger partial charge >= 0.3 is 6.16 Å². The van der Waals surface area contributed by atoms with E-state index >= 15 is 0 Å². The van der Waals surface area contributed by atoms with Crippen LogP contribution in [-0.4, -0.2) is 80.8 Å². The summed E-state index contributed by atoms with van der Waals surface area (Å²) in [5.74, 6) is -3.75. The third kappa shape index (κ3) is 6.46. The van der Waals surface area contributed by atoms with Gasteiger partial charge in [0.1, 0.15) is 29.3 Å². The number of nitrogens with zero attached hydrogens (tertiary/aromatic N) is 3. The number of Topliss-reactive ketones (excluding diaryl/α,β-unsaturated/α-hetero) is 2. The van der Waals surface area contributed by atoms with E-state index in [1.165, 1.54) is 0 Å². The van der Waals surface area contributed by atoms with Crippen molar-refractivity contribution >= 4 is 17.7 Å². The fourth-order valence-corrected chi connectivity index (χ4v) is 8.71. The number of ketones is 2. The highest BCUT2D eigenvalue weighted by atomic mass is 16.7. The lowest BCUT2D eigenvalue weighted by Crippen LogP contribution is -2.60. The molecule has 7 rings (SSSR count). The standard InChI is InChI=1S/C42H47N3O9/c1-7-16-45(17-8-2)34-28-21-27-20-26-19-25(29-15-12-18-44(29)6)22-30(52-40(49)53-41(3,4)5)31(26)35(46)32(27)37(47)42(28,50)38(48)33-36(34)54-43-39(33)51-23-24-13-10-9-11-14-24/h7-11,13-14,19,22,27-29,34,47,50H,1-2,12,15-18,20-21,23H2,3-6H3/t27-,28-,29?,34-,42-/m0/s1. The number of fused-ring (bicyclic) bond motifs is 4. The minimum atomic E-state index is -2.55. The van der Waals surface area contributed by atoms with Crippen LogP contribution in [0.5, 0.6) is 11.6 Å². The van der Waals surface area contributed by atoms with Gasteiger partial charge in [0.15, 0.2) is 17.1 Å². The van der Waals surface area contributed by atoms with Crippen molar-refractivity contribution in [1.82, 2.24) is 15.0 Å². The fraction of sp³-hybridized carbons (Fsp3) is 0.429. The van der Waals surface area contributed by atoms with E-state index in [2.05, 4.69) is 23.2 Å². The molecule has 1 fully saturated rings. The third-order valence-electron chi connectivity index (χ3n) is 11.0. The number of aliphatic hydroxyl groups is 2. The van der Waals surface area contributed by atoms with E-state index in [0.29, 0.717) is 18.7 Å². The highest BCUT2D eigenvalue weighted by Crippen LogP contribution is 2.57. The number of likely N-dealkylation sites (tertiary alicyclic amines) is 1. The van der Waals surface area contributed by atoms with Crippen molar-refractivity contribution < 1.29 is 43.3 Å². The van der Waals surface area contributed by atoms with Crippen LogP contribution in [0.3, 0.4) is 0 Å². The molecule has 2 aromatic carbocycles. The summed E-state index contributed by atoms with van der Waals surface area (Å²) in [5, 5.41) is 29.1. The Morgan fingerprint density at radius 2 is 1.85 bits per heavy atom. The second-order valence-corrected chi connectivity index (χ2v) is 15.7. The molecule has 12 heteroatoms. The molecule has 0 radical (unpaired) electrons. The first-order valence-electron chi connectivity index (χ1n) is 18.4. The SMILES string of the molecule is C=CCN(CC=C)[C@@H]1c2onc(OCc3ccccc3)c2C(=O)[C@@]2(O)C(O)=C3C(=O)c4c(cc(C5CCCN5C)cc4OC(=O)OC(C)(C)C)C[C@H]3C[C@@H]12. The number of allylic oxidation sites excluding steroid dienone is 1. The summed E-state index contributed by atoms with van der Waals surface area (Å²) in [5.41, 5.74) is -1.17. The number of hydrogen-bond donors (Lipinski definition) is 2. The summed E-state index contributed by atoms with van der Waals surface area (Å²) < 4.78 is 23.2. The summed E-state index contributed by atoms with van der Waals surface area (Å²) >= 11 is 0. The van der Waals surface area contributed by atoms with E-state index < -0.39 is 52.6 Å². The molecule has 54 heavy (non-hydrogen) atoms. The monoisotopic (exact) mass is 737 g/mol. The van der Waals surface area contributed by atoms with Crippen LogP contribution in [-0.2, 0) is 17.8 Å². The first-order chi connectivity index (χ1) is 25.8. The number of carbonyl (C=O) groups excluding carboxylic acids is 3. The molecule has 284 valence electrons. The van der Waals surface area contributed by atoms with Crippen molar-refractivity contribution in [2.45, 2.75) is 76.3 Å². The number of rotatable bonds is 10. The van der Waals surface area contributed by atoms with Crippen LogP contribution < -0.4 is 9.47 Å². The Kier molecular flexibility index (Phi) is 9.88. The molecule has 3 aliphatic carbocycles. The molecule has 2 heterocycles. The molecule has 2 N–H and O–H groups in total. The van der Waals surface area contributed by atoms with Crippen LogP contribution in [0.15, 0.2) is 83.6 Å². The molecule has 4 aliphatic rings. The first kappa shape index (κ1) is 37.3. The molecule has 1 aliphatic heterocycles. The lowest BCUT2D eigenvalue weighted by molar-refractivity contribution is -0.0601. The van der Waals surface area contributed by atoms with Gasteiger partial charge in [0.05, 0.1) is 11.6 Å². The molecule has 3 aromatic rings. The normalized spacial score (nSPS) is 25.1. The lowest BCUT2D eigenvalue weighted by atomic mass is 9.58. The van der Waals surface area contributed by atoms with Crippen molar-refractivity contribution in [2.75, 3.05) is 26.7 Å². The molecule has 1 aromatic heterocycles. The highest BCUT2D eigenvalue weighted by molar-refractivity contribution is 6.16. The summed E-state index contributed by atoms with van der Waals surface area (Å²) in [6.45, 7) is 14.6. The summed E-state index contributed by atoms with van der Waals surface area (Å²) in [4.78, 5) is 46.6. The van der Waals surface area contributed by atoms with Crippen molar-refractivity contribution in [2.24, 2.45) is 11.8 Å². The van der Waals surface area contributed by atoms with Crippen LogP contribution in [0, 0.1) is 11.8 Å². The van der Waals surface area contributed by atoms with E-state index in [1.54, 1.807) is 39.0 Å². The van der Waals surface area contributed by atoms with Gasteiger partial charge < -0.3 is 28.9 Å². The van der Waals surface area contributed by atoms with Gasteiger partial charge in [-0.2, -0.15) is 0 Å². The highest BCUT2D eigenvalue weighted by Gasteiger charge is 2.64. The Balaban J connectivity index is 1.35. The van der Waals surface area contributed by atoms with E-state index in [0.717, 1.165) is 30.5 Å². The number of hydrogen-bond acceptors (Lipinski definition) is 12. The predicted octanol–water partition coefficient (Wildman–Crippen LogP) is 6.86. The minimum absolute atomic E-state index is 0.00354. The largest absolute Gasteiger partial charge is 0.514 e. The minimum Gasteiger partial charge on any atom is -0.508 e. The van der Waals surface area contributed by atoms with Crippen molar-refractivity contribution in [3.8, 4) is 11.6 Å². The quantitative estimate of drug-likeness (QED) is 0.127. The van der Waals surface area contributed by atoms with E-state index in [4.69, 9.17) is 18.7 Å². The topological polar surface area (TPSA) is 152 Å². The maximum atomic E-state index is 14.7. The van der Waals surface area contributed by atoms with Crippen molar-refractivity contribution in [3.05, 3.63) is 113 Å². The van der Waals surface area contributed by atoms with Crippen LogP contribution in [0.2, 0.25) is 0 Å². The Bertz CT molecular complexity index is 2020. The first-order valence-corrected chi connectivity index (χ1v) is 18.4. The number of aliphatic hydroxyl groups excluding tert-OH is 1. The van der Waals surface area contributed by atoms with Gasteiger partial charge in [-0.3, -0.25) is 19.4 Å². The Labute approximate surface area is 314 Å². The number of aromatic nitrogens is 1. The Hall–Kier alpha value is -5.04. The molecule has 0 amide bonds. The van der Waals surface area contributed by atoms with Gasteiger partial charge in [0.2, 0.25) is 5.78 Å². The second kappa shape index (κ2) is 14.3. The summed E-state index contributed by atoms with van der Waals surface area (Å²) in [7, 11) is 2.03. The molecule has 0 saturated carbocycles. The Morgan fingerprint density at radius 3 is 2.50 bits per heavy atom. The van der Waals surface area contributed by atoms with Gasteiger partial charge in [0.25, 0.3) is 5.88 Å². The zero-order valence-corrected chi connectivity index (χ0v) is 31.2. The van der Waals surface area contributed by atoms with E-state index in [-0.39, 0.29) is 59.6 Å². The second-order valence-electron chi connectivity index (χ2n) is 15.7. The smallest absolute Gasteiger partial charge is 0.508 e. The molecule has 12 nitrogen and oxygen atoms in total. The van der Waals surface area contributed by atoms with Crippen LogP contribution in [0.4, 0.5) is 4.79 Å². The molecule has 1 unspecified atom stereocenters. The average molecular weight is 738 g/mol. The molecule has 1 saturated heterocycles. The molecule has 0 bridgehead atoms. The van der Waals surface area contributed by atoms with Gasteiger partial charge in [-0.15, -0.1) is 13.2 Å². The zero-order chi connectivity index (χ0) is 38.5. The van der Waals surface area contributed by atoms with Crippen molar-refractivity contribution in [1.29, 1.82) is 0 Å². The van der Waals surface area contributed by atoms with Crippen LogP contribution >= 0.6 is 0 Å². The third-order valence-corrected chi connectivity index (χ3v) is 11.0. The maximum Gasteiger partial charge on any atom is 0.514 e. The van der Waals surface area contributed by atoms with Gasteiger partial charge in [-0.25, -0.2) is 4.79 Å². The van der Waals surface area contributed by atoms with E-state index in [9.17, 15) is 24.6 Å². The summed E-state index contributed by atoms with van der Waals surface area (Å²) in [6.07, 6.45) is 4.71. The molecular weight excluding hydrogens is 690 g/mol. The van der Waals surface area contributed by atoms with Gasteiger partial charge in [-0.1, -0.05) is 48.6 Å². The van der Waals surface area contributed by atoms with Crippen LogP contribution in [0.25, 0.3) is 0 Å². The molecule has 5 atom stereocenters. The fourth-order valence-electron chi connectivity index (χ4n) is 8.71. The van der Waals surface area contributed by atoms with Gasteiger partial charge in [-0.05, 0) is 93.9 Å². The Morgan fingerprint density at radius 1 is 1.13 bits per heavy atom. The lowest BCUT2D eigenvalue weighted by Gasteiger charge is -2.50. The number of carbonyl (C=O) groups is 3. The van der Waals surface area contributed by atoms with Crippen molar-refractivity contribution in [3.63, 3.8) is 0 Å². The summed E-state index contributed by atoms with van der Waals surface area (Å²) in [6, 6.07) is 12.2. The average Bonchev–Trinajstić information content (AvgIpc) is 3.74. The number of benzene rings is 2. The predicted molar refractivity (Wildman–Crippen MR) is 198 cm³/mol. The molecular formula is C42H47N3O9. The maximum absolute atomic E-state index is 14.7. The van der Waals surface area contributed by atoms with Gasteiger partial charge in [0, 0.05) is 30.6 Å². The zero-order valence-electron chi connectivity index (χ0n) is 31.2. The molecule has 0 spiro atoms.